The molecule has 1 fully saturated rings. The third-order valence-electron chi connectivity index (χ3n) is 4.45. The second-order valence-corrected chi connectivity index (χ2v) is 6.30. The summed E-state index contributed by atoms with van der Waals surface area (Å²) in [5.74, 6) is 0.210. The number of likely N-dealkylation sites (tertiary alicyclic amines) is 1. The highest BCUT2D eigenvalue weighted by molar-refractivity contribution is 5.94. The van der Waals surface area contributed by atoms with Crippen LogP contribution in [-0.4, -0.2) is 37.0 Å². The van der Waals surface area contributed by atoms with Crippen molar-refractivity contribution in [1.29, 1.82) is 0 Å². The Kier molecular flexibility index (Phi) is 5.66. The first-order valence-corrected chi connectivity index (χ1v) is 8.60. The van der Waals surface area contributed by atoms with Gasteiger partial charge in [0.15, 0.2) is 0 Å². The van der Waals surface area contributed by atoms with E-state index in [0.29, 0.717) is 17.9 Å². The van der Waals surface area contributed by atoms with E-state index in [9.17, 15) is 9.18 Å². The van der Waals surface area contributed by atoms with Gasteiger partial charge in [-0.2, -0.15) is 0 Å². The molecule has 1 N–H and O–H groups in total. The van der Waals surface area contributed by atoms with E-state index in [1.165, 1.54) is 12.1 Å². The van der Waals surface area contributed by atoms with Crippen LogP contribution < -0.4 is 10.1 Å². The van der Waals surface area contributed by atoms with Gasteiger partial charge in [0.2, 0.25) is 0 Å². The van der Waals surface area contributed by atoms with Crippen molar-refractivity contribution in [2.45, 2.75) is 25.5 Å². The highest BCUT2D eigenvalue weighted by Gasteiger charge is 2.28. The fraction of sp³-hybridized carbons (Fsp3) is 0.350. The van der Waals surface area contributed by atoms with Gasteiger partial charge in [-0.15, -0.1) is 0 Å². The Morgan fingerprint density at radius 3 is 2.92 bits per heavy atom. The van der Waals surface area contributed by atoms with E-state index in [0.717, 1.165) is 31.5 Å². The molecule has 1 atom stereocenters. The number of carbonyl (C=O) groups is 1. The molecule has 0 radical (unpaired) electrons. The first kappa shape index (κ1) is 17.4. The molecule has 1 heterocycles. The van der Waals surface area contributed by atoms with Gasteiger partial charge in [-0.25, -0.2) is 4.39 Å². The predicted octanol–water partition coefficient (Wildman–Crippen LogP) is 3.23. The lowest BCUT2D eigenvalue weighted by Crippen LogP contribution is -2.40. The third-order valence-corrected chi connectivity index (χ3v) is 4.45. The summed E-state index contributed by atoms with van der Waals surface area (Å²) >= 11 is 0. The van der Waals surface area contributed by atoms with E-state index < -0.39 is 0 Å². The maximum absolute atomic E-state index is 13.2. The molecule has 0 aliphatic carbocycles. The average Bonchev–Trinajstić information content (AvgIpc) is 3.08. The predicted molar refractivity (Wildman–Crippen MR) is 95.2 cm³/mol. The average molecular weight is 342 g/mol. The van der Waals surface area contributed by atoms with Crippen molar-refractivity contribution in [3.63, 3.8) is 0 Å². The summed E-state index contributed by atoms with van der Waals surface area (Å²) in [7, 11) is 1.91. The monoisotopic (exact) mass is 342 g/mol. The number of amides is 1. The molecule has 1 aliphatic rings. The Morgan fingerprint density at radius 2 is 2.12 bits per heavy atom. The zero-order chi connectivity index (χ0) is 17.6. The molecule has 0 spiro atoms. The topological polar surface area (TPSA) is 41.6 Å². The van der Waals surface area contributed by atoms with Crippen molar-refractivity contribution in [3.8, 4) is 5.75 Å². The number of ether oxygens (including phenoxy) is 1. The first-order chi connectivity index (χ1) is 12.2. The molecule has 2 aromatic carbocycles. The Hall–Kier alpha value is -2.40. The zero-order valence-corrected chi connectivity index (χ0v) is 14.4. The zero-order valence-electron chi connectivity index (χ0n) is 14.4. The molecule has 1 amide bonds. The fourth-order valence-electron chi connectivity index (χ4n) is 3.23. The summed E-state index contributed by atoms with van der Waals surface area (Å²) in [6.07, 6.45) is 2.08. The van der Waals surface area contributed by atoms with E-state index >= 15 is 0 Å². The minimum Gasteiger partial charge on any atom is -0.489 e. The quantitative estimate of drug-likeness (QED) is 0.876. The fourth-order valence-corrected chi connectivity index (χ4v) is 3.23. The minimum absolute atomic E-state index is 0.0605. The first-order valence-electron chi connectivity index (χ1n) is 8.60. The molecule has 2 aromatic rings. The molecule has 1 aliphatic heterocycles. The van der Waals surface area contributed by atoms with Gasteiger partial charge in [0.1, 0.15) is 18.2 Å². The highest BCUT2D eigenvalue weighted by atomic mass is 19.1. The molecule has 3 rings (SSSR count). The Bertz CT molecular complexity index is 735. The van der Waals surface area contributed by atoms with Crippen molar-refractivity contribution in [2.24, 2.45) is 0 Å². The number of nitrogens with zero attached hydrogens (tertiary/aromatic N) is 1. The Morgan fingerprint density at radius 1 is 1.28 bits per heavy atom. The van der Waals surface area contributed by atoms with Gasteiger partial charge >= 0.3 is 0 Å². The molecule has 0 saturated carbocycles. The van der Waals surface area contributed by atoms with Crippen molar-refractivity contribution in [1.82, 2.24) is 10.2 Å². The summed E-state index contributed by atoms with van der Waals surface area (Å²) < 4.78 is 18.8. The van der Waals surface area contributed by atoms with Crippen LogP contribution in [0.25, 0.3) is 0 Å². The number of carbonyl (C=O) groups excluding carboxylic acids is 1. The highest BCUT2D eigenvalue weighted by Crippen LogP contribution is 2.21. The number of hydrogen-bond donors (Lipinski definition) is 1. The van der Waals surface area contributed by atoms with Gasteiger partial charge < -0.3 is 15.0 Å². The molecular weight excluding hydrogens is 319 g/mol. The Labute approximate surface area is 147 Å². The van der Waals surface area contributed by atoms with E-state index in [1.54, 1.807) is 12.1 Å². The van der Waals surface area contributed by atoms with Crippen LogP contribution in [0.3, 0.4) is 0 Å². The normalized spacial score (nSPS) is 16.9. The molecule has 132 valence electrons. The Balaban J connectivity index is 1.67. The summed E-state index contributed by atoms with van der Waals surface area (Å²) in [4.78, 5) is 14.8. The molecule has 0 aromatic heterocycles. The largest absolute Gasteiger partial charge is 0.489 e. The molecular formula is C20H23FN2O2. The standard InChI is InChI=1S/C20H23FN2O2/c1-22-13-18-8-4-10-23(18)20(24)16-6-2-5-15(11-16)14-25-19-9-3-7-17(21)12-19/h2-3,5-7,9,11-12,18,22H,4,8,10,13-14H2,1H3. The lowest BCUT2D eigenvalue weighted by Gasteiger charge is -2.24. The van der Waals surface area contributed by atoms with Crippen molar-refractivity contribution in [3.05, 3.63) is 65.5 Å². The van der Waals surface area contributed by atoms with E-state index in [4.69, 9.17) is 4.74 Å². The van der Waals surface area contributed by atoms with Crippen LogP contribution in [0.5, 0.6) is 5.75 Å². The molecule has 1 saturated heterocycles. The smallest absolute Gasteiger partial charge is 0.254 e. The van der Waals surface area contributed by atoms with E-state index in [-0.39, 0.29) is 17.8 Å². The maximum Gasteiger partial charge on any atom is 0.254 e. The summed E-state index contributed by atoms with van der Waals surface area (Å²) in [6, 6.07) is 13.8. The summed E-state index contributed by atoms with van der Waals surface area (Å²) in [5, 5.41) is 3.16. The van der Waals surface area contributed by atoms with Gasteiger partial charge in [0, 0.05) is 30.8 Å². The molecule has 0 bridgehead atoms. The summed E-state index contributed by atoms with van der Waals surface area (Å²) in [5.41, 5.74) is 1.56. The van der Waals surface area contributed by atoms with Gasteiger partial charge in [0.05, 0.1) is 0 Å². The van der Waals surface area contributed by atoms with Gasteiger partial charge in [-0.3, -0.25) is 4.79 Å². The van der Waals surface area contributed by atoms with Gasteiger partial charge in [-0.1, -0.05) is 18.2 Å². The molecule has 5 heteroatoms. The van der Waals surface area contributed by atoms with Crippen LogP contribution in [-0.2, 0) is 6.61 Å². The van der Waals surface area contributed by atoms with Crippen LogP contribution in [0.1, 0.15) is 28.8 Å². The lowest BCUT2D eigenvalue weighted by molar-refractivity contribution is 0.0737. The number of likely N-dealkylation sites (N-methyl/N-ethyl adjacent to an activating group) is 1. The van der Waals surface area contributed by atoms with Crippen LogP contribution in [0, 0.1) is 5.82 Å². The molecule has 1 unspecified atom stereocenters. The van der Waals surface area contributed by atoms with Crippen molar-refractivity contribution in [2.75, 3.05) is 20.1 Å². The molecule has 4 nitrogen and oxygen atoms in total. The molecule has 25 heavy (non-hydrogen) atoms. The SMILES string of the molecule is CNCC1CCCN1C(=O)c1cccc(COc2cccc(F)c2)c1. The number of nitrogens with one attached hydrogen (secondary N) is 1. The van der Waals surface area contributed by atoms with Crippen LogP contribution in [0.4, 0.5) is 4.39 Å². The van der Waals surface area contributed by atoms with Crippen molar-refractivity contribution >= 4 is 5.91 Å². The third kappa shape index (κ3) is 4.37. The lowest BCUT2D eigenvalue weighted by atomic mass is 10.1. The van der Waals surface area contributed by atoms with Crippen LogP contribution in [0.2, 0.25) is 0 Å². The van der Waals surface area contributed by atoms with Crippen LogP contribution >= 0.6 is 0 Å². The number of rotatable bonds is 6. The van der Waals surface area contributed by atoms with Crippen LogP contribution in [0.15, 0.2) is 48.5 Å². The second kappa shape index (κ2) is 8.12. The number of halogens is 1. The van der Waals surface area contributed by atoms with Gasteiger partial charge in [-0.05, 0) is 49.7 Å². The maximum atomic E-state index is 13.2. The van der Waals surface area contributed by atoms with E-state index in [1.807, 2.05) is 36.2 Å². The number of benzene rings is 2. The minimum atomic E-state index is -0.328. The number of hydrogen-bond acceptors (Lipinski definition) is 3. The van der Waals surface area contributed by atoms with Gasteiger partial charge in [0.25, 0.3) is 5.91 Å². The van der Waals surface area contributed by atoms with Crippen molar-refractivity contribution < 1.29 is 13.9 Å². The summed E-state index contributed by atoms with van der Waals surface area (Å²) in [6.45, 7) is 1.91. The second-order valence-electron chi connectivity index (χ2n) is 6.30. The van der Waals surface area contributed by atoms with E-state index in [2.05, 4.69) is 5.32 Å².